The summed E-state index contributed by atoms with van der Waals surface area (Å²) >= 11 is 0. The highest BCUT2D eigenvalue weighted by Crippen LogP contribution is 2.43. The van der Waals surface area contributed by atoms with E-state index in [9.17, 15) is 20.1 Å². The van der Waals surface area contributed by atoms with E-state index < -0.39 is 17.3 Å². The number of allylic oxidation sites excluding steroid dienone is 4. The summed E-state index contributed by atoms with van der Waals surface area (Å²) < 4.78 is 4.73. The summed E-state index contributed by atoms with van der Waals surface area (Å²) in [7, 11) is 1.95. The quantitative estimate of drug-likeness (QED) is 0.395. The lowest BCUT2D eigenvalue weighted by atomic mass is 9.94. The average molecular weight is 352 g/mol. The van der Waals surface area contributed by atoms with Gasteiger partial charge in [-0.3, -0.25) is 4.79 Å². The van der Waals surface area contributed by atoms with Gasteiger partial charge in [-0.25, -0.2) is 0 Å². The minimum Gasteiger partial charge on any atom is -0.507 e. The van der Waals surface area contributed by atoms with Crippen LogP contribution in [0.3, 0.4) is 0 Å². The number of carbonyl (C=O) groups excluding carboxylic acids is 1. The Morgan fingerprint density at radius 2 is 1.33 bits per heavy atom. The first-order valence-corrected chi connectivity index (χ1v) is 8.08. The predicted octanol–water partition coefficient (Wildman–Crippen LogP) is 3.81. The zero-order chi connectivity index (χ0) is 18.4. The topological polar surface area (TPSA) is 87.0 Å². The van der Waals surface area contributed by atoms with Gasteiger partial charge < -0.3 is 19.8 Å². The van der Waals surface area contributed by atoms with Crippen LogP contribution >= 0.6 is 9.47 Å². The highest BCUT2D eigenvalue weighted by Gasteiger charge is 2.26. The van der Waals surface area contributed by atoms with E-state index in [2.05, 4.69) is 0 Å². The van der Waals surface area contributed by atoms with Crippen molar-refractivity contribution in [1.29, 1.82) is 0 Å². The molecule has 0 fully saturated rings. The number of phenolic OH excluding ortho intramolecular Hbond substituents is 3. The molecule has 0 saturated carbocycles. The first kappa shape index (κ1) is 20.2. The SMILES string of the molecule is CC(C)=CCc1c(O)c(CC=C(C)C)c(O)c(C(=O)COP)c1O. The highest BCUT2D eigenvalue weighted by molar-refractivity contribution is 7.09. The molecule has 6 heteroatoms. The van der Waals surface area contributed by atoms with Crippen molar-refractivity contribution in [3.05, 3.63) is 40.0 Å². The maximum atomic E-state index is 12.2. The van der Waals surface area contributed by atoms with Gasteiger partial charge in [-0.15, -0.1) is 0 Å². The van der Waals surface area contributed by atoms with Gasteiger partial charge >= 0.3 is 0 Å². The zero-order valence-corrected chi connectivity index (χ0v) is 15.7. The molecule has 1 aromatic rings. The number of hydrogen-bond acceptors (Lipinski definition) is 5. The third kappa shape index (κ3) is 4.83. The van der Waals surface area contributed by atoms with E-state index in [-0.39, 0.29) is 41.9 Å². The summed E-state index contributed by atoms with van der Waals surface area (Å²) in [6.07, 6.45) is 4.17. The molecule has 1 unspecified atom stereocenters. The van der Waals surface area contributed by atoms with Crippen LogP contribution in [0.1, 0.15) is 49.2 Å². The van der Waals surface area contributed by atoms with Crippen molar-refractivity contribution in [2.75, 3.05) is 6.61 Å². The predicted molar refractivity (Wildman–Crippen MR) is 97.7 cm³/mol. The molecule has 0 aromatic heterocycles. The molecule has 5 nitrogen and oxygen atoms in total. The van der Waals surface area contributed by atoms with E-state index >= 15 is 0 Å². The first-order chi connectivity index (χ1) is 11.2. The number of aromatic hydroxyl groups is 3. The molecule has 1 aromatic carbocycles. The molecular formula is C18H25O5P. The van der Waals surface area contributed by atoms with Crippen molar-refractivity contribution < 1.29 is 24.6 Å². The van der Waals surface area contributed by atoms with Crippen molar-refractivity contribution in [2.24, 2.45) is 0 Å². The van der Waals surface area contributed by atoms with Gasteiger partial charge in [0.1, 0.15) is 29.4 Å². The van der Waals surface area contributed by atoms with Gasteiger partial charge in [0.25, 0.3) is 0 Å². The number of ketones is 1. The van der Waals surface area contributed by atoms with E-state index in [1.807, 2.05) is 49.3 Å². The van der Waals surface area contributed by atoms with Crippen LogP contribution in [0.2, 0.25) is 0 Å². The van der Waals surface area contributed by atoms with Crippen molar-refractivity contribution >= 4 is 15.2 Å². The van der Waals surface area contributed by atoms with Crippen LogP contribution in [-0.2, 0) is 17.4 Å². The number of benzene rings is 1. The minimum atomic E-state index is -0.558. The molecule has 0 radical (unpaired) electrons. The molecular weight excluding hydrogens is 327 g/mol. The lowest BCUT2D eigenvalue weighted by Gasteiger charge is -2.16. The fourth-order valence-electron chi connectivity index (χ4n) is 2.23. The second kappa shape index (κ2) is 8.86. The van der Waals surface area contributed by atoms with Gasteiger partial charge in [0.2, 0.25) is 0 Å². The van der Waals surface area contributed by atoms with E-state index in [1.165, 1.54) is 0 Å². The summed E-state index contributed by atoms with van der Waals surface area (Å²) in [4.78, 5) is 12.2. The lowest BCUT2D eigenvalue weighted by Crippen LogP contribution is -2.09. The summed E-state index contributed by atoms with van der Waals surface area (Å²) in [6, 6.07) is 0. The van der Waals surface area contributed by atoms with E-state index in [1.54, 1.807) is 0 Å². The molecule has 24 heavy (non-hydrogen) atoms. The number of hydrogen-bond donors (Lipinski definition) is 3. The minimum absolute atomic E-state index is 0.191. The molecule has 0 saturated heterocycles. The van der Waals surface area contributed by atoms with Crippen molar-refractivity contribution in [2.45, 2.75) is 40.5 Å². The van der Waals surface area contributed by atoms with Crippen LogP contribution in [0.5, 0.6) is 17.2 Å². The zero-order valence-electron chi connectivity index (χ0n) is 14.5. The summed E-state index contributed by atoms with van der Waals surface area (Å²) in [5.74, 6) is -1.56. The summed E-state index contributed by atoms with van der Waals surface area (Å²) in [5.41, 5.74) is 2.24. The normalized spacial score (nSPS) is 10.4. The standard InChI is InChI=1S/C18H25O5P/c1-10(2)5-7-12-16(20)13(8-6-11(3)4)18(22)15(17(12)21)14(19)9-23-24/h5-6,20-22H,7-9,24H2,1-4H3. The number of rotatable bonds is 7. The van der Waals surface area contributed by atoms with Gasteiger partial charge in [-0.1, -0.05) is 23.3 Å². The van der Waals surface area contributed by atoms with Crippen LogP contribution < -0.4 is 0 Å². The third-order valence-corrected chi connectivity index (χ3v) is 3.71. The Bertz CT molecular complexity index is 634. The van der Waals surface area contributed by atoms with E-state index in [4.69, 9.17) is 4.52 Å². The van der Waals surface area contributed by atoms with Crippen LogP contribution in [-0.4, -0.2) is 27.7 Å². The molecule has 0 amide bonds. The molecule has 3 N–H and O–H groups in total. The van der Waals surface area contributed by atoms with Gasteiger partial charge in [0.05, 0.1) is 0 Å². The molecule has 1 rings (SSSR count). The molecule has 0 spiro atoms. The third-order valence-electron chi connectivity index (χ3n) is 3.54. The van der Waals surface area contributed by atoms with Gasteiger partial charge in [0.15, 0.2) is 5.78 Å². The molecule has 0 heterocycles. The van der Waals surface area contributed by atoms with Crippen LogP contribution in [0.15, 0.2) is 23.3 Å². The van der Waals surface area contributed by atoms with E-state index in [0.717, 1.165) is 11.1 Å². The molecule has 0 aliphatic carbocycles. The monoisotopic (exact) mass is 352 g/mol. The molecule has 0 bridgehead atoms. The first-order valence-electron chi connectivity index (χ1n) is 7.60. The fourth-order valence-corrected chi connectivity index (χ4v) is 2.38. The number of phenols is 3. The largest absolute Gasteiger partial charge is 0.507 e. The summed E-state index contributed by atoms with van der Waals surface area (Å²) in [6.45, 7) is 7.28. The maximum absolute atomic E-state index is 12.2. The second-order valence-corrected chi connectivity index (χ2v) is 6.42. The Morgan fingerprint density at radius 1 is 0.917 bits per heavy atom. The molecule has 132 valence electrons. The molecule has 1 atom stereocenters. The van der Waals surface area contributed by atoms with Crippen LogP contribution in [0.25, 0.3) is 0 Å². The Balaban J connectivity index is 3.60. The van der Waals surface area contributed by atoms with Crippen LogP contribution in [0, 0.1) is 0 Å². The summed E-state index contributed by atoms with van der Waals surface area (Å²) in [5, 5.41) is 31.3. The van der Waals surface area contributed by atoms with Crippen molar-refractivity contribution in [3.8, 4) is 17.2 Å². The number of carbonyl (C=O) groups is 1. The second-order valence-electron chi connectivity index (χ2n) is 6.08. The van der Waals surface area contributed by atoms with Gasteiger partial charge in [-0.2, -0.15) is 0 Å². The van der Waals surface area contributed by atoms with E-state index in [0.29, 0.717) is 0 Å². The number of Topliss-reactive ketones (excluding diaryl/α,β-unsaturated/α-hetero) is 1. The van der Waals surface area contributed by atoms with Gasteiger partial charge in [-0.05, 0) is 40.5 Å². The van der Waals surface area contributed by atoms with Crippen molar-refractivity contribution in [1.82, 2.24) is 0 Å². The molecule has 0 aliphatic rings. The fraction of sp³-hybridized carbons (Fsp3) is 0.389. The average Bonchev–Trinajstić information content (AvgIpc) is 2.46. The Morgan fingerprint density at radius 3 is 1.67 bits per heavy atom. The Hall–Kier alpha value is -1.84. The Kier molecular flexibility index (Phi) is 7.46. The lowest BCUT2D eigenvalue weighted by molar-refractivity contribution is 0.0928. The van der Waals surface area contributed by atoms with Crippen LogP contribution in [0.4, 0.5) is 0 Å². The maximum Gasteiger partial charge on any atom is 0.196 e. The highest BCUT2D eigenvalue weighted by atomic mass is 31.0. The Labute approximate surface area is 145 Å². The molecule has 0 aliphatic heterocycles. The van der Waals surface area contributed by atoms with Gasteiger partial charge in [0, 0.05) is 20.6 Å². The smallest absolute Gasteiger partial charge is 0.196 e. The van der Waals surface area contributed by atoms with Crippen molar-refractivity contribution in [3.63, 3.8) is 0 Å².